The van der Waals surface area contributed by atoms with Gasteiger partial charge in [-0.05, 0) is 13.8 Å². The molecule has 3 heteroatoms. The molecule has 3 aromatic rings. The van der Waals surface area contributed by atoms with Crippen LogP contribution in [-0.4, -0.2) is 3.21 Å². The van der Waals surface area contributed by atoms with Gasteiger partial charge in [-0.1, -0.05) is 35.4 Å². The Kier molecular flexibility index (Phi) is 12.1. The molecule has 0 aromatic heterocycles. The number of rotatable bonds is 0. The molecule has 29 heavy (non-hydrogen) atoms. The van der Waals surface area contributed by atoms with Crippen LogP contribution in [0.15, 0.2) is 60.7 Å². The van der Waals surface area contributed by atoms with Gasteiger partial charge >= 0.3 is 59.5 Å². The van der Waals surface area contributed by atoms with Crippen molar-refractivity contribution in [2.45, 2.75) is 52.4 Å². The van der Waals surface area contributed by atoms with Crippen molar-refractivity contribution in [3.63, 3.8) is 0 Å². The van der Waals surface area contributed by atoms with Crippen LogP contribution in [-0.2, 0) is 24.2 Å². The number of allylic oxidation sites excluding steroid dienone is 4. The van der Waals surface area contributed by atoms with E-state index in [1.165, 1.54) is 64.8 Å². The van der Waals surface area contributed by atoms with Gasteiger partial charge in [0, 0.05) is 0 Å². The molecule has 0 heterocycles. The Morgan fingerprint density at radius 2 is 1.38 bits per heavy atom. The van der Waals surface area contributed by atoms with E-state index in [4.69, 9.17) is 0 Å². The Morgan fingerprint density at radius 3 is 1.72 bits per heavy atom. The second-order valence-corrected chi connectivity index (χ2v) is 9.23. The van der Waals surface area contributed by atoms with Crippen LogP contribution < -0.4 is 24.8 Å². The number of aryl methyl sites for hydroxylation is 2. The molecule has 0 N–H and O–H groups in total. The van der Waals surface area contributed by atoms with E-state index in [-0.39, 0.29) is 24.8 Å². The third-order valence-corrected chi connectivity index (χ3v) is 6.29. The number of halogens is 2. The van der Waals surface area contributed by atoms with E-state index in [0.717, 1.165) is 6.42 Å². The third kappa shape index (κ3) is 8.05. The van der Waals surface area contributed by atoms with Crippen LogP contribution in [0.25, 0.3) is 21.5 Å². The van der Waals surface area contributed by atoms with Gasteiger partial charge in [0.15, 0.2) is 0 Å². The summed E-state index contributed by atoms with van der Waals surface area (Å²) in [5, 5.41) is 5.46. The van der Waals surface area contributed by atoms with Crippen molar-refractivity contribution in [1.82, 2.24) is 0 Å². The predicted molar refractivity (Wildman–Crippen MR) is 116 cm³/mol. The number of hydrogen-bond acceptors (Lipinski definition) is 0. The van der Waals surface area contributed by atoms with Gasteiger partial charge < -0.3 is 24.8 Å². The summed E-state index contributed by atoms with van der Waals surface area (Å²) >= 11 is 1.69. The molecule has 2 aliphatic rings. The Bertz CT molecular complexity index is 905. The fraction of sp³-hybridized carbons (Fsp3) is 0.308. The molecule has 0 bridgehead atoms. The van der Waals surface area contributed by atoms with Crippen molar-refractivity contribution in [1.29, 1.82) is 0 Å². The first-order valence-corrected chi connectivity index (χ1v) is 11.2. The van der Waals surface area contributed by atoms with E-state index < -0.39 is 0 Å². The summed E-state index contributed by atoms with van der Waals surface area (Å²) in [7, 11) is 0. The average Bonchev–Trinajstić information content (AvgIpc) is 3.35. The fourth-order valence-electron chi connectivity index (χ4n) is 3.54. The normalized spacial score (nSPS) is 14.4. The minimum atomic E-state index is 0. The molecule has 0 radical (unpaired) electrons. The molecule has 0 nitrogen and oxygen atoms in total. The third-order valence-electron chi connectivity index (χ3n) is 5.06. The monoisotopic (exact) mass is 500 g/mol. The first-order chi connectivity index (χ1) is 13.1. The summed E-state index contributed by atoms with van der Waals surface area (Å²) in [6.45, 7) is 4.29. The first kappa shape index (κ1) is 26.2. The van der Waals surface area contributed by atoms with E-state index in [1.54, 1.807) is 27.4 Å². The van der Waals surface area contributed by atoms with Crippen LogP contribution in [0.3, 0.4) is 0 Å². The van der Waals surface area contributed by atoms with E-state index in [9.17, 15) is 0 Å². The molecule has 5 rings (SSSR count). The zero-order valence-electron chi connectivity index (χ0n) is 17.3. The Balaban J connectivity index is 0.000000252. The minimum absolute atomic E-state index is 0. The number of fused-ring (bicyclic) bond motifs is 3. The summed E-state index contributed by atoms with van der Waals surface area (Å²) in [4.78, 5) is 0. The number of benzene rings is 2. The van der Waals surface area contributed by atoms with Gasteiger partial charge in [0.2, 0.25) is 0 Å². The van der Waals surface area contributed by atoms with Gasteiger partial charge in [-0.3, -0.25) is 6.08 Å². The van der Waals surface area contributed by atoms with Gasteiger partial charge in [0.25, 0.3) is 0 Å². The summed E-state index contributed by atoms with van der Waals surface area (Å²) in [5.41, 5.74) is 2.66. The van der Waals surface area contributed by atoms with Gasteiger partial charge in [0.1, 0.15) is 0 Å². The summed E-state index contributed by atoms with van der Waals surface area (Å²) in [6, 6.07) is 15.6. The SMILES string of the molecule is Cc1ccc2[cH-]c3ccc(C)cc3c2c1.[C-]1=CC=CC1.[Cl-].[Cl-].[Zr+2]=[C]1CCCCC1. The van der Waals surface area contributed by atoms with Crippen molar-refractivity contribution in [2.75, 3.05) is 0 Å². The summed E-state index contributed by atoms with van der Waals surface area (Å²) in [6.07, 6.45) is 17.3. The van der Waals surface area contributed by atoms with Gasteiger partial charge in [-0.25, -0.2) is 12.2 Å². The Morgan fingerprint density at radius 1 is 0.828 bits per heavy atom. The van der Waals surface area contributed by atoms with E-state index >= 15 is 0 Å². The molecular weight excluding hydrogens is 474 g/mol. The van der Waals surface area contributed by atoms with Gasteiger partial charge in [-0.15, -0.1) is 46.2 Å². The number of hydrogen-bond donors (Lipinski definition) is 0. The van der Waals surface area contributed by atoms with Crippen molar-refractivity contribution in [3.8, 4) is 0 Å². The Labute approximate surface area is 203 Å². The van der Waals surface area contributed by atoms with E-state index in [2.05, 4.69) is 68.5 Å². The van der Waals surface area contributed by atoms with Crippen LogP contribution >= 0.6 is 0 Å². The molecule has 0 saturated heterocycles. The van der Waals surface area contributed by atoms with Crippen LogP contribution in [0.2, 0.25) is 0 Å². The first-order valence-electron chi connectivity index (χ1n) is 9.98. The predicted octanol–water partition coefficient (Wildman–Crippen LogP) is 1.31. The summed E-state index contributed by atoms with van der Waals surface area (Å²) in [5.74, 6) is 0. The molecule has 152 valence electrons. The average molecular weight is 503 g/mol. The van der Waals surface area contributed by atoms with E-state index in [0.29, 0.717) is 0 Å². The van der Waals surface area contributed by atoms with Crippen LogP contribution in [0.5, 0.6) is 0 Å². The molecule has 3 aromatic carbocycles. The molecule has 1 fully saturated rings. The molecular formula is C26H28Cl2Zr-2. The Hall–Kier alpha value is -0.877. The molecule has 0 atom stereocenters. The van der Waals surface area contributed by atoms with Crippen LogP contribution in [0, 0.1) is 19.9 Å². The standard InChI is InChI=1S/C15H13.C6H10.C5H5.2ClH.Zr/c1-10-3-5-12-9-13-6-4-11(2)8-15(13)14(12)7-10;1-2-4-6-5-3-1;1-2-4-5-3-1;;;/h3-9H,1-2H3;1-5H2;1-3H,4H2;2*1H;/q-1;;-1;;;+2/p-2. The molecule has 0 amide bonds. The topological polar surface area (TPSA) is 0 Å². The van der Waals surface area contributed by atoms with Gasteiger partial charge in [-0.2, -0.15) is 6.08 Å². The zero-order chi connectivity index (χ0) is 19.1. The van der Waals surface area contributed by atoms with E-state index in [1.807, 2.05) is 12.2 Å². The molecule has 0 unspecified atom stereocenters. The second-order valence-electron chi connectivity index (χ2n) is 7.49. The fourth-order valence-corrected chi connectivity index (χ4v) is 4.41. The molecule has 0 spiro atoms. The van der Waals surface area contributed by atoms with Crippen molar-refractivity contribution >= 4 is 24.8 Å². The van der Waals surface area contributed by atoms with Crippen LogP contribution in [0.4, 0.5) is 0 Å². The van der Waals surface area contributed by atoms with Gasteiger partial charge in [0.05, 0.1) is 0 Å². The van der Waals surface area contributed by atoms with Crippen molar-refractivity contribution in [2.24, 2.45) is 0 Å². The maximum absolute atomic E-state index is 2.99. The summed E-state index contributed by atoms with van der Waals surface area (Å²) < 4.78 is 1.80. The quantitative estimate of drug-likeness (QED) is 0.407. The maximum atomic E-state index is 2.99. The molecule has 2 aliphatic carbocycles. The second kappa shape index (κ2) is 13.4. The van der Waals surface area contributed by atoms with Crippen molar-refractivity contribution in [3.05, 3.63) is 77.9 Å². The molecule has 0 aliphatic heterocycles. The van der Waals surface area contributed by atoms with Crippen molar-refractivity contribution < 1.29 is 49.0 Å². The zero-order valence-corrected chi connectivity index (χ0v) is 21.2. The van der Waals surface area contributed by atoms with Crippen LogP contribution in [0.1, 0.15) is 49.7 Å². The molecule has 1 saturated carbocycles.